The Bertz CT molecular complexity index is 501. The molecule has 0 aliphatic carbocycles. The lowest BCUT2D eigenvalue weighted by Crippen LogP contribution is -2.47. The molecule has 0 aromatic heterocycles. The van der Waals surface area contributed by atoms with E-state index in [-0.39, 0.29) is 0 Å². The van der Waals surface area contributed by atoms with E-state index >= 15 is 0 Å². The van der Waals surface area contributed by atoms with Gasteiger partial charge in [0.05, 0.1) is 12.5 Å². The fourth-order valence-electron chi connectivity index (χ4n) is 0.876. The van der Waals surface area contributed by atoms with Crippen molar-refractivity contribution in [3.63, 3.8) is 0 Å². The SMILES string of the molecule is CO[C@](CCl)(COP(=O)(O)OP(=O)(O)OP(=O)(O)O)[C@@H](O)F. The second kappa shape index (κ2) is 8.09. The highest BCUT2D eigenvalue weighted by molar-refractivity contribution is 7.66. The summed E-state index contributed by atoms with van der Waals surface area (Å²) in [6, 6.07) is 0. The number of hydrogen-bond donors (Lipinski definition) is 5. The first-order valence-electron chi connectivity index (χ1n) is 4.90. The van der Waals surface area contributed by atoms with Gasteiger partial charge in [-0.15, -0.1) is 11.6 Å². The van der Waals surface area contributed by atoms with Crippen LogP contribution in [0.15, 0.2) is 0 Å². The third-order valence-corrected chi connectivity index (χ3v) is 6.19. The second-order valence-corrected chi connectivity index (χ2v) is 8.29. The molecule has 0 amide bonds. The molecule has 0 rings (SSSR count). The van der Waals surface area contributed by atoms with Crippen LogP contribution in [0.3, 0.4) is 0 Å². The maximum absolute atomic E-state index is 13.0. The number of alkyl halides is 2. The molecular formula is C5H13ClFO12P3. The maximum atomic E-state index is 13.0. The van der Waals surface area contributed by atoms with E-state index in [1.165, 1.54) is 0 Å². The highest BCUT2D eigenvalue weighted by atomic mass is 35.5. The van der Waals surface area contributed by atoms with Gasteiger partial charge in [-0.25, -0.2) is 18.1 Å². The van der Waals surface area contributed by atoms with Crippen molar-refractivity contribution >= 4 is 35.1 Å². The molecule has 0 fully saturated rings. The molecule has 0 saturated heterocycles. The van der Waals surface area contributed by atoms with Crippen molar-refractivity contribution in [2.24, 2.45) is 0 Å². The summed E-state index contributed by atoms with van der Waals surface area (Å²) in [5.41, 5.74) is -2.30. The van der Waals surface area contributed by atoms with Gasteiger partial charge in [0.1, 0.15) is 0 Å². The Morgan fingerprint density at radius 3 is 1.95 bits per heavy atom. The van der Waals surface area contributed by atoms with Crippen LogP contribution in [0.1, 0.15) is 0 Å². The molecule has 2 unspecified atom stereocenters. The Balaban J connectivity index is 4.95. The predicted molar refractivity (Wildman–Crippen MR) is 67.4 cm³/mol. The molecular weight excluding hydrogens is 399 g/mol. The normalized spacial score (nSPS) is 22.4. The van der Waals surface area contributed by atoms with E-state index in [0.29, 0.717) is 0 Å². The lowest BCUT2D eigenvalue weighted by Gasteiger charge is -2.30. The molecule has 0 heterocycles. The van der Waals surface area contributed by atoms with Crippen LogP contribution in [0.5, 0.6) is 0 Å². The molecule has 4 atom stereocenters. The third-order valence-electron chi connectivity index (χ3n) is 1.95. The minimum absolute atomic E-state index is 0.753. The summed E-state index contributed by atoms with van der Waals surface area (Å²) in [5, 5.41) is 8.84. The summed E-state index contributed by atoms with van der Waals surface area (Å²) in [6.45, 7) is -1.21. The molecule has 12 nitrogen and oxygen atoms in total. The van der Waals surface area contributed by atoms with Crippen LogP contribution in [0.4, 0.5) is 4.39 Å². The van der Waals surface area contributed by atoms with E-state index in [2.05, 4.69) is 17.9 Å². The molecule has 0 bridgehead atoms. The van der Waals surface area contributed by atoms with Crippen molar-refractivity contribution in [2.75, 3.05) is 19.6 Å². The van der Waals surface area contributed by atoms with Crippen molar-refractivity contribution in [3.05, 3.63) is 0 Å². The lowest BCUT2D eigenvalue weighted by molar-refractivity contribution is -0.163. The molecule has 5 N–H and O–H groups in total. The Morgan fingerprint density at radius 1 is 1.14 bits per heavy atom. The number of rotatable bonds is 10. The van der Waals surface area contributed by atoms with Crippen LogP contribution in [-0.4, -0.2) is 56.2 Å². The van der Waals surface area contributed by atoms with Gasteiger partial charge in [-0.05, 0) is 0 Å². The summed E-state index contributed by atoms with van der Waals surface area (Å²) < 4.78 is 61.2. The molecule has 22 heavy (non-hydrogen) atoms. The Kier molecular flexibility index (Phi) is 8.29. The molecule has 134 valence electrons. The quantitative estimate of drug-likeness (QED) is 0.243. The van der Waals surface area contributed by atoms with E-state index < -0.39 is 47.9 Å². The summed E-state index contributed by atoms with van der Waals surface area (Å²) >= 11 is 5.32. The van der Waals surface area contributed by atoms with Gasteiger partial charge in [-0.1, -0.05) is 0 Å². The Hall–Kier alpha value is 0.550. The summed E-state index contributed by atoms with van der Waals surface area (Å²) in [6.07, 6.45) is -2.76. The molecule has 0 aromatic carbocycles. The first kappa shape index (κ1) is 22.6. The molecule has 0 aromatic rings. The van der Waals surface area contributed by atoms with Crippen LogP contribution >= 0.6 is 35.1 Å². The molecule has 0 aliphatic rings. The standard InChI is InChI=1S/C5H13ClFO12P3/c1-16-5(2-6,4(7)8)3-17-21(12,13)19-22(14,15)18-20(9,10)11/h4,8H,2-3H2,1H3,(H,12,13)(H,14,15)(H2,9,10,11)/t4-,5-/m1/s1. The van der Waals surface area contributed by atoms with E-state index in [4.69, 9.17) is 36.3 Å². The summed E-state index contributed by atoms with van der Waals surface area (Å²) in [5.74, 6) is -0.753. The van der Waals surface area contributed by atoms with Gasteiger partial charge in [0.25, 0.3) is 0 Å². The van der Waals surface area contributed by atoms with Gasteiger partial charge in [-0.2, -0.15) is 8.62 Å². The minimum atomic E-state index is -5.69. The molecule has 0 spiro atoms. The Morgan fingerprint density at radius 2 is 1.64 bits per heavy atom. The van der Waals surface area contributed by atoms with Crippen molar-refractivity contribution in [3.8, 4) is 0 Å². The van der Waals surface area contributed by atoms with E-state index in [1.54, 1.807) is 0 Å². The van der Waals surface area contributed by atoms with E-state index in [1.807, 2.05) is 0 Å². The Labute approximate surface area is 128 Å². The lowest BCUT2D eigenvalue weighted by atomic mass is 10.1. The van der Waals surface area contributed by atoms with E-state index in [9.17, 15) is 18.1 Å². The largest absolute Gasteiger partial charge is 0.490 e. The smallest absolute Gasteiger partial charge is 0.369 e. The van der Waals surface area contributed by atoms with Crippen molar-refractivity contribution in [1.29, 1.82) is 0 Å². The average molecular weight is 413 g/mol. The predicted octanol–water partition coefficient (Wildman–Crippen LogP) is 0.242. The number of aliphatic hydroxyl groups excluding tert-OH is 1. The zero-order valence-electron chi connectivity index (χ0n) is 10.7. The summed E-state index contributed by atoms with van der Waals surface area (Å²) in [7, 11) is -15.8. The van der Waals surface area contributed by atoms with Crippen LogP contribution in [-0.2, 0) is 31.6 Å². The van der Waals surface area contributed by atoms with Crippen LogP contribution in [0.25, 0.3) is 0 Å². The fourth-order valence-corrected chi connectivity index (χ4v) is 4.27. The number of phosphoric acid groups is 3. The number of ether oxygens (including phenoxy) is 1. The van der Waals surface area contributed by atoms with Crippen LogP contribution < -0.4 is 0 Å². The number of methoxy groups -OCH3 is 1. The van der Waals surface area contributed by atoms with Crippen molar-refractivity contribution in [2.45, 2.75) is 12.0 Å². The number of phosphoric ester groups is 1. The molecule has 0 saturated carbocycles. The van der Waals surface area contributed by atoms with Gasteiger partial charge >= 0.3 is 23.5 Å². The van der Waals surface area contributed by atoms with Crippen molar-refractivity contribution in [1.82, 2.24) is 0 Å². The van der Waals surface area contributed by atoms with E-state index in [0.717, 1.165) is 7.11 Å². The fraction of sp³-hybridized carbons (Fsp3) is 1.00. The topological polar surface area (TPSA) is 189 Å². The zero-order valence-corrected chi connectivity index (χ0v) is 14.1. The second-order valence-electron chi connectivity index (χ2n) is 3.60. The first-order chi connectivity index (χ1) is 9.69. The zero-order chi connectivity index (χ0) is 17.8. The highest BCUT2D eigenvalue weighted by Gasteiger charge is 2.45. The maximum Gasteiger partial charge on any atom is 0.490 e. The summed E-state index contributed by atoms with van der Waals surface area (Å²) in [4.78, 5) is 34.6. The minimum Gasteiger partial charge on any atom is -0.369 e. The van der Waals surface area contributed by atoms with Gasteiger partial charge in [0, 0.05) is 7.11 Å². The van der Waals surface area contributed by atoms with Gasteiger partial charge in [-0.3, -0.25) is 4.52 Å². The van der Waals surface area contributed by atoms with Gasteiger partial charge < -0.3 is 29.4 Å². The third kappa shape index (κ3) is 7.89. The highest BCUT2D eigenvalue weighted by Crippen LogP contribution is 2.66. The van der Waals surface area contributed by atoms with Crippen LogP contribution in [0, 0.1) is 0 Å². The number of hydrogen-bond acceptors (Lipinski definition) is 8. The monoisotopic (exact) mass is 412 g/mol. The van der Waals surface area contributed by atoms with Gasteiger partial charge in [0.2, 0.25) is 6.36 Å². The number of halogens is 2. The average Bonchev–Trinajstić information content (AvgIpc) is 2.25. The number of aliphatic hydroxyl groups is 1. The van der Waals surface area contributed by atoms with Crippen molar-refractivity contribution < 1.29 is 60.6 Å². The first-order valence-corrected chi connectivity index (χ1v) is 9.96. The van der Waals surface area contributed by atoms with Crippen LogP contribution in [0.2, 0.25) is 0 Å². The van der Waals surface area contributed by atoms with Gasteiger partial charge in [0.15, 0.2) is 5.60 Å². The molecule has 0 aliphatic heterocycles. The molecule has 0 radical (unpaired) electrons. The molecule has 17 heteroatoms.